The Balaban J connectivity index is 0.000000727. The van der Waals surface area contributed by atoms with Crippen molar-refractivity contribution in [3.63, 3.8) is 0 Å². The number of carbonyl (C=O) groups is 2. The molecule has 2 heterocycles. The van der Waals surface area contributed by atoms with Crippen molar-refractivity contribution in [3.8, 4) is 11.4 Å². The number of nitrogens with zero attached hydrogens (tertiary/aromatic N) is 2. The summed E-state index contributed by atoms with van der Waals surface area (Å²) in [4.78, 5) is 25.7. The van der Waals surface area contributed by atoms with E-state index < -0.39 is 24.3 Å². The highest BCUT2D eigenvalue weighted by Crippen LogP contribution is 2.53. The summed E-state index contributed by atoms with van der Waals surface area (Å²) in [5, 5.41) is 21.5. The lowest BCUT2D eigenvalue weighted by Gasteiger charge is -2.49. The average molecular weight is 708 g/mol. The number of carboxylic acids is 1. The molecule has 10 nitrogen and oxygen atoms in total. The predicted octanol–water partition coefficient (Wildman–Crippen LogP) is 5.92. The number of halogens is 4. The minimum atomic E-state index is -5.08. The van der Waals surface area contributed by atoms with Crippen LogP contribution in [0.1, 0.15) is 75.0 Å². The van der Waals surface area contributed by atoms with Crippen LogP contribution in [0.2, 0.25) is 0 Å². The second kappa shape index (κ2) is 16.3. The molecule has 50 heavy (non-hydrogen) atoms. The number of imidazole rings is 1. The molecule has 2 aliphatic rings. The number of amides is 1. The van der Waals surface area contributed by atoms with Crippen LogP contribution < -0.4 is 10.1 Å². The fourth-order valence-corrected chi connectivity index (χ4v) is 6.48. The zero-order valence-corrected chi connectivity index (χ0v) is 28.6. The van der Waals surface area contributed by atoms with E-state index in [1.54, 1.807) is 31.8 Å². The van der Waals surface area contributed by atoms with Gasteiger partial charge in [-0.05, 0) is 99.6 Å². The van der Waals surface area contributed by atoms with Crippen molar-refractivity contribution < 1.29 is 51.6 Å². The number of hydrogen-bond donors (Lipinski definition) is 3. The Kier molecular flexibility index (Phi) is 12.7. The van der Waals surface area contributed by atoms with Gasteiger partial charge in [0.25, 0.3) is 0 Å². The highest BCUT2D eigenvalue weighted by atomic mass is 19.4. The van der Waals surface area contributed by atoms with Crippen LogP contribution in [0, 0.1) is 5.82 Å². The van der Waals surface area contributed by atoms with Gasteiger partial charge in [0.2, 0.25) is 5.91 Å². The van der Waals surface area contributed by atoms with E-state index in [0.717, 1.165) is 54.7 Å². The van der Waals surface area contributed by atoms with Crippen LogP contribution in [0.5, 0.6) is 5.75 Å². The standard InChI is InChI=1S/C34H44FN3O5.C2HF3O2/c1-33(2,42-4)19-24-16-27-25(20-34(11-6-12-34)43-32(27)29(18-24)38-14-13-36-22-38)9-10-30(39)28(37-31(40)21-41-3)17-23-7-5-8-26(35)15-23;3-2(4,5)1(6)7/h5,7-8,13-16,18,22,25,28,30,39H,6,9-12,17,19-21H2,1-4H3,(H,37,40);(H,6,7)/t25-,28-,30+;/m0./s1. The Morgan fingerprint density at radius 2 is 1.88 bits per heavy atom. The first-order valence-corrected chi connectivity index (χ1v) is 16.4. The predicted molar refractivity (Wildman–Crippen MR) is 176 cm³/mol. The van der Waals surface area contributed by atoms with Gasteiger partial charge >= 0.3 is 12.1 Å². The first kappa shape index (κ1) is 38.8. The maximum absolute atomic E-state index is 13.9. The highest BCUT2D eigenvalue weighted by Gasteiger charge is 2.46. The maximum atomic E-state index is 13.9. The molecule has 0 saturated heterocycles. The molecule has 2 aromatic carbocycles. The van der Waals surface area contributed by atoms with Gasteiger partial charge in [0.1, 0.15) is 23.8 Å². The maximum Gasteiger partial charge on any atom is 0.490 e. The van der Waals surface area contributed by atoms with Gasteiger partial charge in [-0.15, -0.1) is 0 Å². The van der Waals surface area contributed by atoms with Crippen LogP contribution in [-0.2, 0) is 31.9 Å². The summed E-state index contributed by atoms with van der Waals surface area (Å²) in [6.45, 7) is 4.04. The summed E-state index contributed by atoms with van der Waals surface area (Å²) >= 11 is 0. The monoisotopic (exact) mass is 707 g/mol. The van der Waals surface area contributed by atoms with Crippen molar-refractivity contribution in [1.29, 1.82) is 0 Å². The second-order valence-corrected chi connectivity index (χ2v) is 13.6. The van der Waals surface area contributed by atoms with Crippen molar-refractivity contribution in [1.82, 2.24) is 14.9 Å². The number of methoxy groups -OCH3 is 2. The van der Waals surface area contributed by atoms with E-state index in [9.17, 15) is 27.5 Å². The van der Waals surface area contributed by atoms with E-state index in [4.69, 9.17) is 24.1 Å². The number of aromatic nitrogens is 2. The molecule has 0 unspecified atom stereocenters. The van der Waals surface area contributed by atoms with Gasteiger partial charge in [-0.1, -0.05) is 18.2 Å². The van der Waals surface area contributed by atoms with Gasteiger partial charge in [0, 0.05) is 33.0 Å². The summed E-state index contributed by atoms with van der Waals surface area (Å²) in [5.74, 6) is -2.39. The number of fused-ring (bicyclic) bond motifs is 1. The molecule has 1 spiro atoms. The van der Waals surface area contributed by atoms with Crippen LogP contribution in [0.4, 0.5) is 17.6 Å². The van der Waals surface area contributed by atoms with Gasteiger partial charge in [-0.2, -0.15) is 13.2 Å². The van der Waals surface area contributed by atoms with E-state index >= 15 is 0 Å². The fraction of sp³-hybridized carbons (Fsp3) is 0.528. The molecule has 274 valence electrons. The molecule has 1 aromatic heterocycles. The van der Waals surface area contributed by atoms with Crippen molar-refractivity contribution in [3.05, 3.63) is 77.6 Å². The molecule has 1 aliphatic carbocycles. The Hall–Kier alpha value is -4.01. The lowest BCUT2D eigenvalue weighted by Crippen LogP contribution is -2.48. The number of alkyl halides is 3. The van der Waals surface area contributed by atoms with Gasteiger partial charge in [0.15, 0.2) is 0 Å². The van der Waals surface area contributed by atoms with E-state index in [2.05, 4.69) is 36.3 Å². The highest BCUT2D eigenvalue weighted by molar-refractivity contribution is 5.77. The average Bonchev–Trinajstić information content (AvgIpc) is 3.57. The number of aliphatic hydroxyl groups excluding tert-OH is 1. The van der Waals surface area contributed by atoms with Crippen LogP contribution in [0.15, 0.2) is 55.1 Å². The molecule has 1 amide bonds. The van der Waals surface area contributed by atoms with Crippen LogP contribution >= 0.6 is 0 Å². The minimum absolute atomic E-state index is 0.111. The van der Waals surface area contributed by atoms with E-state index in [1.807, 2.05) is 10.8 Å². The Morgan fingerprint density at radius 1 is 1.16 bits per heavy atom. The smallest absolute Gasteiger partial charge is 0.485 e. The van der Waals surface area contributed by atoms with Gasteiger partial charge < -0.3 is 34.3 Å². The topological polar surface area (TPSA) is 132 Å². The molecule has 0 radical (unpaired) electrons. The van der Waals surface area contributed by atoms with Gasteiger partial charge in [0.05, 0.1) is 29.8 Å². The Bertz CT molecular complexity index is 1590. The molecule has 3 atom stereocenters. The SMILES string of the molecule is COCC(=O)N[C@@H](Cc1cccc(F)c1)[C@H](O)CC[C@H]1CC2(CCC2)Oc2c1cc(CC(C)(C)OC)cc2-n1ccnc1.O=C(O)C(F)(F)F. The van der Waals surface area contributed by atoms with Crippen molar-refractivity contribution >= 4 is 11.9 Å². The number of benzene rings is 2. The largest absolute Gasteiger partial charge is 0.490 e. The van der Waals surface area contributed by atoms with Crippen LogP contribution in [0.3, 0.4) is 0 Å². The Labute approximate surface area is 288 Å². The molecular formula is C36H45F4N3O7. The molecule has 1 fully saturated rings. The number of aliphatic carboxylic acids is 1. The summed E-state index contributed by atoms with van der Waals surface area (Å²) in [6.07, 6.45) is 5.79. The first-order valence-electron chi connectivity index (χ1n) is 16.4. The van der Waals surface area contributed by atoms with E-state index in [-0.39, 0.29) is 35.5 Å². The molecule has 5 rings (SSSR count). The molecule has 3 aromatic rings. The van der Waals surface area contributed by atoms with E-state index in [1.165, 1.54) is 19.2 Å². The Morgan fingerprint density at radius 3 is 2.44 bits per heavy atom. The number of aliphatic hydroxyl groups is 1. The van der Waals surface area contributed by atoms with Crippen LogP contribution in [0.25, 0.3) is 5.69 Å². The number of rotatable bonds is 13. The van der Waals surface area contributed by atoms with Crippen molar-refractivity contribution in [2.75, 3.05) is 20.8 Å². The normalized spacial score (nSPS) is 17.7. The lowest BCUT2D eigenvalue weighted by molar-refractivity contribution is -0.192. The first-order chi connectivity index (χ1) is 23.5. The molecule has 14 heteroatoms. The summed E-state index contributed by atoms with van der Waals surface area (Å²) in [7, 11) is 3.19. The van der Waals surface area contributed by atoms with E-state index in [0.29, 0.717) is 24.8 Å². The number of hydrogen-bond acceptors (Lipinski definition) is 7. The molecule has 1 aliphatic heterocycles. The third-order valence-electron chi connectivity index (χ3n) is 9.25. The second-order valence-electron chi connectivity index (χ2n) is 13.6. The summed E-state index contributed by atoms with van der Waals surface area (Å²) in [6, 6.07) is 10.1. The van der Waals surface area contributed by atoms with Crippen LogP contribution in [-0.4, -0.2) is 82.0 Å². The van der Waals surface area contributed by atoms with Gasteiger partial charge in [-0.25, -0.2) is 14.2 Å². The van der Waals surface area contributed by atoms with Gasteiger partial charge in [-0.3, -0.25) is 4.79 Å². The molecule has 3 N–H and O–H groups in total. The zero-order chi connectivity index (χ0) is 36.7. The number of ether oxygens (including phenoxy) is 3. The summed E-state index contributed by atoms with van der Waals surface area (Å²) in [5.41, 5.74) is 3.39. The zero-order valence-electron chi connectivity index (χ0n) is 28.6. The number of carbonyl (C=O) groups excluding carboxylic acids is 1. The van der Waals surface area contributed by atoms with Crippen molar-refractivity contribution in [2.45, 2.75) is 101 Å². The molecular weight excluding hydrogens is 662 g/mol. The minimum Gasteiger partial charge on any atom is -0.485 e. The summed E-state index contributed by atoms with van der Waals surface area (Å²) < 4.78 is 65.3. The third kappa shape index (κ3) is 10.3. The molecule has 0 bridgehead atoms. The van der Waals surface area contributed by atoms with Crippen molar-refractivity contribution in [2.24, 2.45) is 0 Å². The quantitative estimate of drug-likeness (QED) is 0.187. The lowest BCUT2D eigenvalue weighted by atomic mass is 9.69. The molecule has 1 saturated carbocycles. The number of carboxylic acid groups (broad SMARTS) is 1. The number of nitrogens with one attached hydrogen (secondary N) is 1. The fourth-order valence-electron chi connectivity index (χ4n) is 6.48. The third-order valence-corrected chi connectivity index (χ3v) is 9.25.